The second-order valence-corrected chi connectivity index (χ2v) is 4.32. The molecule has 5 nitrogen and oxygen atoms in total. The molecule has 0 bridgehead atoms. The van der Waals surface area contributed by atoms with Crippen molar-refractivity contribution in [1.82, 2.24) is 10.2 Å². The monoisotopic (exact) mass is 278 g/mol. The van der Waals surface area contributed by atoms with Crippen molar-refractivity contribution in [2.24, 2.45) is 0 Å². The van der Waals surface area contributed by atoms with Gasteiger partial charge in [-0.15, -0.1) is 0 Å². The first-order chi connectivity index (χ1) is 7.04. The van der Waals surface area contributed by atoms with Gasteiger partial charge in [0.1, 0.15) is 0 Å². The number of amides is 2. The summed E-state index contributed by atoms with van der Waals surface area (Å²) < 4.78 is 0. The Morgan fingerprint density at radius 2 is 2.20 bits per heavy atom. The van der Waals surface area contributed by atoms with E-state index in [0.29, 0.717) is 17.9 Å². The summed E-state index contributed by atoms with van der Waals surface area (Å²) in [6, 6.07) is 0.0826. The van der Waals surface area contributed by atoms with E-state index in [4.69, 9.17) is 5.11 Å². The number of nitrogens with zero attached hydrogens (tertiary/aromatic N) is 1. The third-order valence-electron chi connectivity index (χ3n) is 2.26. The van der Waals surface area contributed by atoms with Gasteiger partial charge in [0.25, 0.3) is 0 Å². The Kier molecular flexibility index (Phi) is 4.38. The molecule has 2 amide bonds. The smallest absolute Gasteiger partial charge is 0.404 e. The zero-order valence-electron chi connectivity index (χ0n) is 8.57. The number of halogens is 1. The molecule has 1 fully saturated rings. The molecular formula is C9H15BrN2O3. The minimum atomic E-state index is -1.05. The van der Waals surface area contributed by atoms with Crippen LogP contribution in [0.4, 0.5) is 4.79 Å². The number of hydrogen-bond donors (Lipinski definition) is 2. The zero-order chi connectivity index (χ0) is 11.4. The third kappa shape index (κ3) is 4.07. The van der Waals surface area contributed by atoms with E-state index in [1.807, 2.05) is 0 Å². The van der Waals surface area contributed by atoms with Crippen molar-refractivity contribution in [2.75, 3.05) is 11.9 Å². The highest BCUT2D eigenvalue weighted by Crippen LogP contribution is 2.27. The number of alkyl halides is 1. The fourth-order valence-corrected chi connectivity index (χ4v) is 1.79. The number of carbonyl (C=O) groups excluding carboxylic acids is 1. The summed E-state index contributed by atoms with van der Waals surface area (Å²) >= 11 is 3.12. The normalized spacial score (nSPS) is 16.9. The minimum Gasteiger partial charge on any atom is -0.465 e. The molecule has 0 aliphatic heterocycles. The molecule has 6 heteroatoms. The van der Waals surface area contributed by atoms with E-state index in [0.717, 1.165) is 12.8 Å². The van der Waals surface area contributed by atoms with Gasteiger partial charge in [0, 0.05) is 18.6 Å². The molecule has 0 radical (unpaired) electrons. The fourth-order valence-electron chi connectivity index (χ4n) is 1.47. The third-order valence-corrected chi connectivity index (χ3v) is 2.74. The molecule has 0 aromatic rings. The van der Waals surface area contributed by atoms with Crippen molar-refractivity contribution in [3.05, 3.63) is 0 Å². The van der Waals surface area contributed by atoms with Gasteiger partial charge in [-0.2, -0.15) is 0 Å². The lowest BCUT2D eigenvalue weighted by Gasteiger charge is -2.25. The predicted molar refractivity (Wildman–Crippen MR) is 59.2 cm³/mol. The fraction of sp³-hybridized carbons (Fsp3) is 0.778. The minimum absolute atomic E-state index is 0.0246. The Balaban J connectivity index is 2.43. The molecule has 1 saturated carbocycles. The second kappa shape index (κ2) is 5.34. The average molecular weight is 279 g/mol. The highest BCUT2D eigenvalue weighted by molar-refractivity contribution is 9.09. The number of carboxylic acid groups (broad SMARTS) is 1. The summed E-state index contributed by atoms with van der Waals surface area (Å²) in [7, 11) is 0. The highest BCUT2D eigenvalue weighted by atomic mass is 79.9. The number of rotatable bonds is 5. The van der Waals surface area contributed by atoms with Crippen LogP contribution in [0, 0.1) is 0 Å². The Labute approximate surface area is 96.9 Å². The van der Waals surface area contributed by atoms with Gasteiger partial charge >= 0.3 is 6.09 Å². The van der Waals surface area contributed by atoms with Gasteiger partial charge in [-0.1, -0.05) is 15.9 Å². The van der Waals surface area contributed by atoms with Crippen molar-refractivity contribution < 1.29 is 14.7 Å². The predicted octanol–water partition coefficient (Wildman–Crippen LogP) is 1.03. The SMILES string of the molecule is CC(CN(C(=O)CBr)C1CC1)NC(=O)O. The summed E-state index contributed by atoms with van der Waals surface area (Å²) in [6.45, 7) is 2.20. The molecule has 0 saturated heterocycles. The lowest BCUT2D eigenvalue weighted by molar-refractivity contribution is -0.129. The summed E-state index contributed by atoms with van der Waals surface area (Å²) in [5, 5.41) is 11.2. The second-order valence-electron chi connectivity index (χ2n) is 3.76. The maximum atomic E-state index is 11.5. The van der Waals surface area contributed by atoms with E-state index in [-0.39, 0.29) is 11.9 Å². The van der Waals surface area contributed by atoms with Crippen molar-refractivity contribution in [1.29, 1.82) is 0 Å². The summed E-state index contributed by atoms with van der Waals surface area (Å²) in [5.41, 5.74) is 0. The van der Waals surface area contributed by atoms with Gasteiger partial charge in [0.05, 0.1) is 5.33 Å². The molecule has 1 atom stereocenters. The standard InChI is InChI=1S/C9H15BrN2O3/c1-6(11-9(14)15)5-12(7-2-3-7)8(13)4-10/h6-7,11H,2-5H2,1H3,(H,14,15). The molecule has 0 heterocycles. The molecule has 0 spiro atoms. The van der Waals surface area contributed by atoms with Gasteiger partial charge in [0.2, 0.25) is 5.91 Å². The molecule has 86 valence electrons. The van der Waals surface area contributed by atoms with Crippen LogP contribution >= 0.6 is 15.9 Å². The summed E-state index contributed by atoms with van der Waals surface area (Å²) in [6.07, 6.45) is 1.00. The van der Waals surface area contributed by atoms with E-state index in [2.05, 4.69) is 21.2 Å². The quantitative estimate of drug-likeness (QED) is 0.738. The van der Waals surface area contributed by atoms with Crippen LogP contribution in [0.2, 0.25) is 0 Å². The Morgan fingerprint density at radius 3 is 2.60 bits per heavy atom. The first kappa shape index (κ1) is 12.3. The molecule has 0 aromatic carbocycles. The van der Waals surface area contributed by atoms with E-state index in [1.165, 1.54) is 0 Å². The van der Waals surface area contributed by atoms with Gasteiger partial charge in [-0.25, -0.2) is 4.79 Å². The molecule has 1 aliphatic rings. The van der Waals surface area contributed by atoms with Gasteiger partial charge in [0.15, 0.2) is 0 Å². The average Bonchev–Trinajstić information content (AvgIpc) is 2.95. The Morgan fingerprint density at radius 1 is 1.60 bits per heavy atom. The van der Waals surface area contributed by atoms with Crippen molar-refractivity contribution >= 4 is 27.9 Å². The van der Waals surface area contributed by atoms with Crippen LogP contribution in [-0.4, -0.2) is 46.0 Å². The molecule has 1 aliphatic carbocycles. The van der Waals surface area contributed by atoms with Gasteiger partial charge < -0.3 is 15.3 Å². The van der Waals surface area contributed by atoms with Crippen molar-refractivity contribution in [3.8, 4) is 0 Å². The van der Waals surface area contributed by atoms with Gasteiger partial charge in [-0.05, 0) is 19.8 Å². The lowest BCUT2D eigenvalue weighted by Crippen LogP contribution is -2.45. The Hall–Kier alpha value is -0.780. The van der Waals surface area contributed by atoms with Crippen LogP contribution in [0.1, 0.15) is 19.8 Å². The molecule has 1 rings (SSSR count). The highest BCUT2D eigenvalue weighted by Gasteiger charge is 2.32. The number of hydrogen-bond acceptors (Lipinski definition) is 2. The van der Waals surface area contributed by atoms with Crippen molar-refractivity contribution in [3.63, 3.8) is 0 Å². The van der Waals surface area contributed by atoms with E-state index in [9.17, 15) is 9.59 Å². The first-order valence-corrected chi connectivity index (χ1v) is 6.01. The van der Waals surface area contributed by atoms with Crippen LogP contribution in [0.15, 0.2) is 0 Å². The summed E-state index contributed by atoms with van der Waals surface area (Å²) in [5.74, 6) is 0.0246. The molecular weight excluding hydrogens is 264 g/mol. The topological polar surface area (TPSA) is 69.6 Å². The van der Waals surface area contributed by atoms with Crippen LogP contribution in [-0.2, 0) is 4.79 Å². The van der Waals surface area contributed by atoms with E-state index < -0.39 is 6.09 Å². The van der Waals surface area contributed by atoms with Crippen LogP contribution in [0.25, 0.3) is 0 Å². The Bertz CT molecular complexity index is 256. The lowest BCUT2D eigenvalue weighted by atomic mass is 10.3. The van der Waals surface area contributed by atoms with Crippen LogP contribution in [0.5, 0.6) is 0 Å². The maximum Gasteiger partial charge on any atom is 0.404 e. The maximum absolute atomic E-state index is 11.5. The molecule has 15 heavy (non-hydrogen) atoms. The summed E-state index contributed by atoms with van der Waals surface area (Å²) in [4.78, 5) is 23.7. The first-order valence-electron chi connectivity index (χ1n) is 4.89. The molecule has 2 N–H and O–H groups in total. The molecule has 0 aromatic heterocycles. The van der Waals surface area contributed by atoms with Crippen LogP contribution < -0.4 is 5.32 Å². The van der Waals surface area contributed by atoms with Crippen molar-refractivity contribution in [2.45, 2.75) is 31.8 Å². The zero-order valence-corrected chi connectivity index (χ0v) is 10.2. The van der Waals surface area contributed by atoms with Crippen LogP contribution in [0.3, 0.4) is 0 Å². The largest absolute Gasteiger partial charge is 0.465 e. The number of nitrogens with one attached hydrogen (secondary N) is 1. The van der Waals surface area contributed by atoms with E-state index >= 15 is 0 Å². The van der Waals surface area contributed by atoms with Gasteiger partial charge in [-0.3, -0.25) is 4.79 Å². The number of carbonyl (C=O) groups is 2. The van der Waals surface area contributed by atoms with E-state index in [1.54, 1.807) is 11.8 Å². The molecule has 1 unspecified atom stereocenters.